The van der Waals surface area contributed by atoms with E-state index in [0.717, 1.165) is 20.0 Å². The Morgan fingerprint density at radius 2 is 1.85 bits per heavy atom. The summed E-state index contributed by atoms with van der Waals surface area (Å²) in [6.07, 6.45) is 2.09. The molecule has 6 N–H and O–H groups in total. The number of carboxylic acids is 1. The summed E-state index contributed by atoms with van der Waals surface area (Å²) in [5.74, 6) is -3.02. The number of Topliss-reactive ketones (excluding diaryl/α,β-unsaturated/α-hetero) is 1. The third-order valence-electron chi connectivity index (χ3n) is 5.23. The van der Waals surface area contributed by atoms with Gasteiger partial charge in [-0.25, -0.2) is 4.79 Å². The molecule has 1 aliphatic rings. The van der Waals surface area contributed by atoms with E-state index in [4.69, 9.17) is 16.6 Å². The van der Waals surface area contributed by atoms with Crippen LogP contribution in [0, 0.1) is 17.3 Å². The van der Waals surface area contributed by atoms with Gasteiger partial charge in [-0.2, -0.15) is 0 Å². The Bertz CT molecular complexity index is 584. The second kappa shape index (κ2) is 8.90. The van der Waals surface area contributed by atoms with Gasteiger partial charge in [0.05, 0.1) is 19.6 Å². The first kappa shape index (κ1) is 23.2. The largest absolute Gasteiger partial charge is 0.481 e. The maximum Gasteiger partial charge on any atom is 0.342 e. The van der Waals surface area contributed by atoms with Crippen molar-refractivity contribution in [2.45, 2.75) is 64.2 Å². The minimum atomic E-state index is -2.24. The molecule has 1 aliphatic carbocycles. The van der Waals surface area contributed by atoms with Crippen molar-refractivity contribution in [1.29, 1.82) is 0 Å². The van der Waals surface area contributed by atoms with Crippen molar-refractivity contribution in [3.05, 3.63) is 0 Å². The van der Waals surface area contributed by atoms with Crippen molar-refractivity contribution >= 4 is 24.0 Å². The highest BCUT2D eigenvalue weighted by molar-refractivity contribution is 5.95. The fraction of sp³-hybridized carbons (Fsp3) is 0.778. The minimum absolute atomic E-state index is 0.0527. The van der Waals surface area contributed by atoms with Crippen molar-refractivity contribution in [3.63, 3.8) is 0 Å². The zero-order chi connectivity index (χ0) is 21.0. The molecule has 0 spiro atoms. The number of carbonyl (C=O) groups excluding carboxylic acids is 3. The molecule has 0 aromatic carbocycles. The van der Waals surface area contributed by atoms with E-state index in [2.05, 4.69) is 10.1 Å². The zero-order valence-corrected chi connectivity index (χ0v) is 16.4. The first-order valence-electron chi connectivity index (χ1n) is 8.99. The number of hydrogen-bond acceptors (Lipinski definition) is 8. The van der Waals surface area contributed by atoms with Crippen LogP contribution in [0.15, 0.2) is 0 Å². The zero-order valence-electron chi connectivity index (χ0n) is 16.4. The van der Waals surface area contributed by atoms with Crippen molar-refractivity contribution in [3.8, 4) is 0 Å². The van der Waals surface area contributed by atoms with Crippen LogP contribution in [0.25, 0.3) is 0 Å². The van der Waals surface area contributed by atoms with Crippen LogP contribution in [-0.4, -0.2) is 54.0 Å². The molecular weight excluding hydrogens is 354 g/mol. The summed E-state index contributed by atoms with van der Waals surface area (Å²) in [5, 5.41) is 11.5. The number of rotatable bonds is 9. The third kappa shape index (κ3) is 5.57. The molecule has 3 unspecified atom stereocenters. The summed E-state index contributed by atoms with van der Waals surface area (Å²) in [4.78, 5) is 47.6. The highest BCUT2D eigenvalue weighted by Crippen LogP contribution is 2.44. The van der Waals surface area contributed by atoms with Crippen molar-refractivity contribution in [1.82, 2.24) is 5.32 Å². The number of aliphatic carboxylic acids is 1. The fourth-order valence-electron chi connectivity index (χ4n) is 3.85. The number of nitrogens with two attached hydrogens (primary N) is 2. The van der Waals surface area contributed by atoms with Crippen LogP contribution >= 0.6 is 0 Å². The Labute approximate surface area is 159 Å². The van der Waals surface area contributed by atoms with Crippen molar-refractivity contribution < 1.29 is 29.0 Å². The Morgan fingerprint density at radius 1 is 1.26 bits per heavy atom. The Morgan fingerprint density at radius 3 is 2.30 bits per heavy atom. The van der Waals surface area contributed by atoms with Crippen molar-refractivity contribution in [2.75, 3.05) is 7.11 Å². The maximum absolute atomic E-state index is 13.3. The van der Waals surface area contributed by atoms with Crippen LogP contribution in [0.3, 0.4) is 0 Å². The second-order valence-electron chi connectivity index (χ2n) is 8.28. The van der Waals surface area contributed by atoms with E-state index >= 15 is 0 Å². The third-order valence-corrected chi connectivity index (χ3v) is 5.23. The number of ether oxygens (including phenoxy) is 1. The van der Waals surface area contributed by atoms with Crippen LogP contribution in [0.4, 0.5) is 0 Å². The normalized spacial score (nSPS) is 22.7. The molecule has 27 heavy (non-hydrogen) atoms. The molecule has 1 rings (SSSR count). The second-order valence-corrected chi connectivity index (χ2v) is 8.28. The summed E-state index contributed by atoms with van der Waals surface area (Å²) in [5.41, 5.74) is 9.47. The van der Waals surface area contributed by atoms with E-state index in [0.29, 0.717) is 12.7 Å². The lowest BCUT2D eigenvalue weighted by atomic mass is 9.71. The van der Waals surface area contributed by atoms with Gasteiger partial charge in [-0.1, -0.05) is 27.2 Å². The molecule has 0 saturated heterocycles. The number of methoxy groups -OCH3 is 1. The van der Waals surface area contributed by atoms with Crippen LogP contribution in [-0.2, 0) is 23.9 Å². The number of carbonyl (C=O) groups is 4. The van der Waals surface area contributed by atoms with Gasteiger partial charge in [-0.3, -0.25) is 14.9 Å². The van der Waals surface area contributed by atoms with Crippen LogP contribution < -0.4 is 16.8 Å². The topological polar surface area (TPSA) is 162 Å². The molecule has 154 valence electrons. The van der Waals surface area contributed by atoms with Gasteiger partial charge in [0.1, 0.15) is 12.3 Å². The monoisotopic (exact) mass is 385 g/mol. The number of ketones is 1. The van der Waals surface area contributed by atoms with Crippen molar-refractivity contribution in [2.24, 2.45) is 28.7 Å². The Kier molecular flexibility index (Phi) is 7.65. The van der Waals surface area contributed by atoms with Crippen LogP contribution in [0.1, 0.15) is 46.5 Å². The highest BCUT2D eigenvalue weighted by Gasteiger charge is 2.50. The summed E-state index contributed by atoms with van der Waals surface area (Å²) in [6.45, 7) is 6.09. The van der Waals surface area contributed by atoms with E-state index in [1.807, 2.05) is 20.8 Å². The van der Waals surface area contributed by atoms with E-state index in [-0.39, 0.29) is 11.3 Å². The molecule has 0 bridgehead atoms. The van der Waals surface area contributed by atoms with E-state index in [9.17, 15) is 19.2 Å². The maximum atomic E-state index is 13.3. The van der Waals surface area contributed by atoms with E-state index < -0.39 is 47.8 Å². The summed E-state index contributed by atoms with van der Waals surface area (Å²) < 4.78 is 4.61. The number of carboxylic acid groups (broad SMARTS) is 1. The predicted octanol–water partition coefficient (Wildman–Crippen LogP) is -0.195. The first-order valence-corrected chi connectivity index (χ1v) is 8.99. The molecular formula is C18H31N3O6. The summed E-state index contributed by atoms with van der Waals surface area (Å²) in [6, 6.07) is -2.67. The SMILES string of the molecule is COC(=O)C(N)(N)C(N[C@H](C=O)CC(=O)O)C(=O)C1CCCC1C(C)(C)C. The van der Waals surface area contributed by atoms with E-state index in [1.54, 1.807) is 0 Å². The Balaban J connectivity index is 3.23. The molecule has 0 radical (unpaired) electrons. The molecule has 0 heterocycles. The number of esters is 1. The lowest BCUT2D eigenvalue weighted by Crippen LogP contribution is -2.73. The van der Waals surface area contributed by atoms with Gasteiger partial charge in [0.2, 0.25) is 0 Å². The van der Waals surface area contributed by atoms with Crippen LogP contribution in [0.2, 0.25) is 0 Å². The molecule has 0 aromatic heterocycles. The van der Waals surface area contributed by atoms with Crippen LogP contribution in [0.5, 0.6) is 0 Å². The molecule has 4 atom stereocenters. The van der Waals surface area contributed by atoms with Gasteiger partial charge in [0.15, 0.2) is 11.4 Å². The molecule has 1 fully saturated rings. The quantitative estimate of drug-likeness (QED) is 0.239. The first-order chi connectivity index (χ1) is 12.4. The average Bonchev–Trinajstić information content (AvgIpc) is 3.06. The predicted molar refractivity (Wildman–Crippen MR) is 97.4 cm³/mol. The summed E-state index contributed by atoms with van der Waals surface area (Å²) in [7, 11) is 1.08. The molecule has 1 saturated carbocycles. The average molecular weight is 385 g/mol. The molecule has 0 aliphatic heterocycles. The standard InChI is InChI=1S/C18H31N3O6/c1-17(2,3)12-7-5-6-11(12)14(25)15(18(19,20)16(26)27-4)21-10(9-22)8-13(23)24/h9-12,15,21H,5-8,19-20H2,1-4H3,(H,23,24)/t10-,11?,12?,15?/m0/s1. The van der Waals surface area contributed by atoms with Gasteiger partial charge in [0.25, 0.3) is 0 Å². The fourth-order valence-corrected chi connectivity index (χ4v) is 3.85. The van der Waals surface area contributed by atoms with Gasteiger partial charge >= 0.3 is 11.9 Å². The molecule has 0 aromatic rings. The molecule has 9 heteroatoms. The van der Waals surface area contributed by atoms with Gasteiger partial charge < -0.3 is 26.1 Å². The minimum Gasteiger partial charge on any atom is -0.481 e. The Hall–Kier alpha value is -1.84. The highest BCUT2D eigenvalue weighted by atomic mass is 16.5. The van der Waals surface area contributed by atoms with Gasteiger partial charge in [0, 0.05) is 5.92 Å². The number of hydrogen-bond donors (Lipinski definition) is 4. The summed E-state index contributed by atoms with van der Waals surface area (Å²) >= 11 is 0. The van der Waals surface area contributed by atoms with Gasteiger partial charge in [-0.15, -0.1) is 0 Å². The van der Waals surface area contributed by atoms with Gasteiger partial charge in [-0.05, 0) is 24.2 Å². The smallest absolute Gasteiger partial charge is 0.342 e. The molecule has 9 nitrogen and oxygen atoms in total. The lowest BCUT2D eigenvalue weighted by molar-refractivity contribution is -0.151. The number of aldehydes is 1. The lowest BCUT2D eigenvalue weighted by Gasteiger charge is -2.37. The molecule has 0 amide bonds. The van der Waals surface area contributed by atoms with E-state index in [1.165, 1.54) is 0 Å². The number of nitrogens with one attached hydrogen (secondary N) is 1.